The van der Waals surface area contributed by atoms with Crippen LogP contribution in [0.2, 0.25) is 0 Å². The number of halogens is 6. The predicted molar refractivity (Wildman–Crippen MR) is 132 cm³/mol. The fourth-order valence-corrected chi connectivity index (χ4v) is 0.957. The lowest BCUT2D eigenvalue weighted by atomic mass is 10.2. The van der Waals surface area contributed by atoms with Crippen molar-refractivity contribution in [2.45, 2.75) is 53.4 Å². The molecule has 186 valence electrons. The smallest absolute Gasteiger partial charge is 0.455 e. The normalized spacial score (nSPS) is 12.3. The van der Waals surface area contributed by atoms with Crippen molar-refractivity contribution in [2.75, 3.05) is 7.11 Å². The second-order valence-corrected chi connectivity index (χ2v) is 13.3. The molecule has 0 aliphatic rings. The highest BCUT2D eigenvalue weighted by Crippen LogP contribution is 2.41. The van der Waals surface area contributed by atoms with Crippen molar-refractivity contribution in [3.8, 4) is 0 Å². The van der Waals surface area contributed by atoms with Crippen molar-refractivity contribution in [2.24, 2.45) is 0 Å². The summed E-state index contributed by atoms with van der Waals surface area (Å²) in [5.74, 6) is -0.471. The Labute approximate surface area is 222 Å². The number of rotatable bonds is 2. The minimum absolute atomic E-state index is 0.471. The zero-order valence-corrected chi connectivity index (χ0v) is 24.9. The molecule has 0 aliphatic heterocycles. The number of carbonyl (C=O) groups is 2. The first-order valence-electron chi connectivity index (χ1n) is 7.14. The van der Waals surface area contributed by atoms with Gasteiger partial charge < -0.3 is 14.2 Å². The molecular formula is C12H22Cl6O9P2S2+2. The number of ether oxygens (including phenoxy) is 3. The maximum absolute atomic E-state index is 10.7. The third kappa shape index (κ3) is 27.4. The molecule has 9 nitrogen and oxygen atoms in total. The minimum atomic E-state index is -2.18. The first kappa shape index (κ1) is 39.5. The average Bonchev–Trinajstić information content (AvgIpc) is 2.42. The first-order chi connectivity index (χ1) is 13.3. The summed E-state index contributed by atoms with van der Waals surface area (Å²) in [5, 5.41) is 0. The molecule has 31 heavy (non-hydrogen) atoms. The van der Waals surface area contributed by atoms with Crippen LogP contribution in [0, 0.1) is 0 Å². The number of methoxy groups -OCH3 is 1. The van der Waals surface area contributed by atoms with Crippen LogP contribution < -0.4 is 0 Å². The van der Waals surface area contributed by atoms with Gasteiger partial charge in [-0.05, 0) is 36.8 Å². The highest BCUT2D eigenvalue weighted by Gasteiger charge is 2.44. The molecule has 0 heterocycles. The molecule has 0 aromatic rings. The second-order valence-electron chi connectivity index (χ2n) is 5.67. The third-order valence-corrected chi connectivity index (χ3v) is 5.00. The monoisotopic (exact) mass is 646 g/mol. The van der Waals surface area contributed by atoms with Crippen LogP contribution in [0.15, 0.2) is 0 Å². The summed E-state index contributed by atoms with van der Waals surface area (Å²) >= 11 is 39.2. The van der Waals surface area contributed by atoms with Crippen LogP contribution in [-0.2, 0) is 28.1 Å². The van der Waals surface area contributed by atoms with Gasteiger partial charge in [-0.2, -0.15) is 9.79 Å². The Hall–Kier alpha value is 1.30. The summed E-state index contributed by atoms with van der Waals surface area (Å²) in [6, 6.07) is 0. The van der Waals surface area contributed by atoms with Crippen LogP contribution in [0.1, 0.15) is 34.6 Å². The highest BCUT2D eigenvalue weighted by molar-refractivity contribution is 8.38. The third-order valence-electron chi connectivity index (χ3n) is 2.27. The van der Waals surface area contributed by atoms with E-state index in [2.05, 4.69) is 29.2 Å². The summed E-state index contributed by atoms with van der Waals surface area (Å²) < 4.78 is 28.5. The topological polar surface area (TPSA) is 136 Å². The maximum atomic E-state index is 10.7. The number of thiol groups is 2. The Morgan fingerprint density at radius 3 is 1.13 bits per heavy atom. The van der Waals surface area contributed by atoms with E-state index in [-0.39, 0.29) is 0 Å². The van der Waals surface area contributed by atoms with E-state index >= 15 is 0 Å². The number of esters is 1. The van der Waals surface area contributed by atoms with Gasteiger partial charge >= 0.3 is 26.6 Å². The molecule has 0 bridgehead atoms. The fraction of sp³-hybridized carbons (Fsp3) is 0.833. The molecule has 0 aromatic heterocycles. The van der Waals surface area contributed by atoms with E-state index in [0.29, 0.717) is 0 Å². The zero-order valence-electron chi connectivity index (χ0n) is 16.8. The van der Waals surface area contributed by atoms with Gasteiger partial charge in [0.1, 0.15) is 24.5 Å². The lowest BCUT2D eigenvalue weighted by molar-refractivity contribution is -0.153. The summed E-state index contributed by atoms with van der Waals surface area (Å²) in [6.07, 6.45) is -0.883. The fourth-order valence-electron chi connectivity index (χ4n) is 0.725. The van der Waals surface area contributed by atoms with Crippen LogP contribution in [0.25, 0.3) is 0 Å². The van der Waals surface area contributed by atoms with Gasteiger partial charge in [0.2, 0.25) is 7.59 Å². The molecule has 0 aromatic carbocycles. The molecule has 0 amide bonds. The van der Waals surface area contributed by atoms with E-state index in [9.17, 15) is 9.59 Å². The van der Waals surface area contributed by atoms with E-state index in [1.807, 2.05) is 0 Å². The Kier molecular flexibility index (Phi) is 22.6. The Balaban J connectivity index is -0.000000176. The van der Waals surface area contributed by atoms with Crippen LogP contribution in [0.5, 0.6) is 0 Å². The van der Waals surface area contributed by atoms with Gasteiger partial charge in [0.25, 0.3) is 0 Å². The highest BCUT2D eigenvalue weighted by atomic mass is 35.6. The van der Waals surface area contributed by atoms with Crippen LogP contribution in [0.3, 0.4) is 0 Å². The SMILES string of the molecule is CC(=O)OC(C)(C)C(Cl)(Cl)Cl.COC(=O)OC(C)(C)C(Cl)(Cl)Cl.O=[P+](O)S.O=[P+](O)S. The standard InChI is InChI=1S/C6H9Cl3O3.C6H9Cl3O2.2HO2PS/c1-5(2,6(7,8)9)12-4(10)11-3;1-4(10)11-5(2,3)6(7,8)9;2*1-3(2)4/h1-3H3;1-3H3;2*(H-,1,2,4)/p+2. The molecule has 0 aliphatic carbocycles. The summed E-state index contributed by atoms with van der Waals surface area (Å²) in [4.78, 5) is 36.0. The van der Waals surface area contributed by atoms with Gasteiger partial charge in [0, 0.05) is 6.92 Å². The van der Waals surface area contributed by atoms with Gasteiger partial charge in [-0.1, -0.05) is 69.6 Å². The van der Waals surface area contributed by atoms with Crippen molar-refractivity contribution in [3.63, 3.8) is 0 Å². The lowest BCUT2D eigenvalue weighted by Crippen LogP contribution is -2.41. The van der Waals surface area contributed by atoms with E-state index < -0.39 is 45.4 Å². The molecule has 0 rings (SSSR count). The molecule has 19 heteroatoms. The predicted octanol–water partition coefficient (Wildman–Crippen LogP) is 6.75. The Bertz CT molecular complexity index is 578. The summed E-state index contributed by atoms with van der Waals surface area (Å²) in [6.45, 7) is 7.26. The molecule has 0 spiro atoms. The van der Waals surface area contributed by atoms with Crippen LogP contribution in [0.4, 0.5) is 4.79 Å². The van der Waals surface area contributed by atoms with Crippen molar-refractivity contribution < 1.29 is 42.7 Å². The van der Waals surface area contributed by atoms with Gasteiger partial charge in [-0.15, -0.1) is 0 Å². The molecule has 2 unspecified atom stereocenters. The summed E-state index contributed by atoms with van der Waals surface area (Å²) in [5.41, 5.74) is -2.31. The van der Waals surface area contributed by atoms with Crippen LogP contribution in [-0.4, -0.2) is 47.8 Å². The number of alkyl halides is 6. The summed E-state index contributed by atoms with van der Waals surface area (Å²) in [7, 11) is -3.17. The molecule has 0 fully saturated rings. The zero-order chi connectivity index (χ0) is 26.4. The Morgan fingerprint density at radius 2 is 1.00 bits per heavy atom. The second kappa shape index (κ2) is 17.7. The number of carbonyl (C=O) groups excluding carboxylic acids is 2. The van der Waals surface area contributed by atoms with Crippen molar-refractivity contribution in [1.82, 2.24) is 0 Å². The van der Waals surface area contributed by atoms with Crippen molar-refractivity contribution in [1.29, 1.82) is 0 Å². The number of hydrogen-bond acceptors (Lipinski definition) is 7. The minimum Gasteiger partial charge on any atom is -0.455 e. The molecule has 0 saturated heterocycles. The van der Waals surface area contributed by atoms with Gasteiger partial charge in [0.05, 0.1) is 7.11 Å². The van der Waals surface area contributed by atoms with E-state index in [0.717, 1.165) is 0 Å². The van der Waals surface area contributed by atoms with Gasteiger partial charge in [0.15, 0.2) is 11.2 Å². The average molecular weight is 649 g/mol. The van der Waals surface area contributed by atoms with Crippen LogP contribution >= 0.6 is 109 Å². The Morgan fingerprint density at radius 1 is 0.774 bits per heavy atom. The maximum Gasteiger partial charge on any atom is 0.579 e. The number of hydrogen-bond donors (Lipinski definition) is 4. The van der Waals surface area contributed by atoms with Crippen molar-refractivity contribution >= 4 is 121 Å². The largest absolute Gasteiger partial charge is 0.579 e. The first-order valence-corrected chi connectivity index (χ1v) is 14.1. The molecular weight excluding hydrogens is 627 g/mol. The van der Waals surface area contributed by atoms with Crippen molar-refractivity contribution in [3.05, 3.63) is 0 Å². The molecule has 0 saturated carbocycles. The van der Waals surface area contributed by atoms with Gasteiger partial charge in [-0.3, -0.25) is 4.79 Å². The van der Waals surface area contributed by atoms with E-state index in [1.165, 1.54) is 41.7 Å². The molecule has 2 N–H and O–H groups in total. The van der Waals surface area contributed by atoms with E-state index in [1.54, 1.807) is 0 Å². The lowest BCUT2D eigenvalue weighted by Gasteiger charge is -2.31. The van der Waals surface area contributed by atoms with Gasteiger partial charge in [-0.25, -0.2) is 4.79 Å². The van der Waals surface area contributed by atoms with E-state index in [4.69, 9.17) is 98.0 Å². The molecule has 0 radical (unpaired) electrons. The molecule has 2 atom stereocenters. The quantitative estimate of drug-likeness (QED) is 0.111.